The summed E-state index contributed by atoms with van der Waals surface area (Å²) in [4.78, 5) is 9.95. The Kier molecular flexibility index (Phi) is 3.96. The molecule has 1 fully saturated rings. The van der Waals surface area contributed by atoms with Gasteiger partial charge in [-0.3, -0.25) is 4.90 Å². The van der Waals surface area contributed by atoms with E-state index in [0.717, 1.165) is 24.8 Å². The smallest absolute Gasteiger partial charge is 0.0925 e. The van der Waals surface area contributed by atoms with E-state index in [2.05, 4.69) is 34.0 Å². The minimum Gasteiger partial charge on any atom is -0.348 e. The van der Waals surface area contributed by atoms with Crippen molar-refractivity contribution in [3.8, 4) is 0 Å². The first-order valence-electron chi connectivity index (χ1n) is 6.25. The topological polar surface area (TPSA) is 44.0 Å². The minimum atomic E-state index is 0.726. The molecule has 1 atom stereocenters. The standard InChI is InChI=1S/C12H22N4/c1-3-16-6-4-5-11(16)7-13-8-12-10(2)14-9-15-12/h9,11,13H,3-8H2,1-2H3,(H,14,15). The normalized spacial score (nSPS) is 21.8. The van der Waals surface area contributed by atoms with Crippen LogP contribution in [-0.2, 0) is 6.54 Å². The van der Waals surface area contributed by atoms with Crippen molar-refractivity contribution in [2.24, 2.45) is 0 Å². The van der Waals surface area contributed by atoms with Crippen LogP contribution in [0.5, 0.6) is 0 Å². The molecular weight excluding hydrogens is 200 g/mol. The summed E-state index contributed by atoms with van der Waals surface area (Å²) in [5.41, 5.74) is 2.31. The molecule has 16 heavy (non-hydrogen) atoms. The third-order valence-electron chi connectivity index (χ3n) is 3.51. The van der Waals surface area contributed by atoms with Gasteiger partial charge in [0.15, 0.2) is 0 Å². The average molecular weight is 222 g/mol. The van der Waals surface area contributed by atoms with E-state index in [1.54, 1.807) is 6.33 Å². The van der Waals surface area contributed by atoms with Gasteiger partial charge in [-0.25, -0.2) is 4.98 Å². The van der Waals surface area contributed by atoms with Crippen LogP contribution >= 0.6 is 0 Å². The molecule has 0 bridgehead atoms. The number of imidazole rings is 1. The Labute approximate surface area is 97.4 Å². The first-order chi connectivity index (χ1) is 7.81. The Balaban J connectivity index is 1.74. The molecule has 2 rings (SSSR count). The van der Waals surface area contributed by atoms with Crippen LogP contribution in [0.25, 0.3) is 0 Å². The predicted molar refractivity (Wildman–Crippen MR) is 65.3 cm³/mol. The van der Waals surface area contributed by atoms with Gasteiger partial charge >= 0.3 is 0 Å². The number of aromatic nitrogens is 2. The summed E-state index contributed by atoms with van der Waals surface area (Å²) < 4.78 is 0. The maximum Gasteiger partial charge on any atom is 0.0925 e. The van der Waals surface area contributed by atoms with Crippen LogP contribution in [-0.4, -0.2) is 40.5 Å². The van der Waals surface area contributed by atoms with E-state index in [1.807, 2.05) is 0 Å². The lowest BCUT2D eigenvalue weighted by Crippen LogP contribution is -2.37. The van der Waals surface area contributed by atoms with Crippen molar-refractivity contribution in [1.29, 1.82) is 0 Å². The molecule has 0 saturated carbocycles. The van der Waals surface area contributed by atoms with E-state index < -0.39 is 0 Å². The van der Waals surface area contributed by atoms with Crippen LogP contribution in [0, 0.1) is 6.92 Å². The molecule has 2 heterocycles. The lowest BCUT2D eigenvalue weighted by Gasteiger charge is -2.22. The van der Waals surface area contributed by atoms with Crippen LogP contribution in [0.1, 0.15) is 31.2 Å². The summed E-state index contributed by atoms with van der Waals surface area (Å²) in [5, 5.41) is 3.51. The number of nitrogens with zero attached hydrogens (tertiary/aromatic N) is 2. The van der Waals surface area contributed by atoms with Gasteiger partial charge in [-0.15, -0.1) is 0 Å². The fourth-order valence-corrected chi connectivity index (χ4v) is 2.47. The van der Waals surface area contributed by atoms with Crippen LogP contribution in [0.4, 0.5) is 0 Å². The highest BCUT2D eigenvalue weighted by Crippen LogP contribution is 2.15. The number of aromatic amines is 1. The highest BCUT2D eigenvalue weighted by Gasteiger charge is 2.22. The number of aryl methyl sites for hydroxylation is 1. The number of likely N-dealkylation sites (N-methyl/N-ethyl adjacent to an activating group) is 1. The zero-order valence-electron chi connectivity index (χ0n) is 10.3. The molecule has 1 aliphatic rings. The van der Waals surface area contributed by atoms with E-state index in [1.165, 1.54) is 31.6 Å². The van der Waals surface area contributed by atoms with Crippen molar-refractivity contribution in [2.75, 3.05) is 19.6 Å². The molecule has 1 aromatic heterocycles. The molecule has 1 aromatic rings. The summed E-state index contributed by atoms with van der Waals surface area (Å²) >= 11 is 0. The van der Waals surface area contributed by atoms with Gasteiger partial charge in [0, 0.05) is 24.8 Å². The Morgan fingerprint density at radius 1 is 1.62 bits per heavy atom. The molecule has 0 radical (unpaired) electrons. The first kappa shape index (κ1) is 11.6. The quantitative estimate of drug-likeness (QED) is 0.789. The fourth-order valence-electron chi connectivity index (χ4n) is 2.47. The van der Waals surface area contributed by atoms with Gasteiger partial charge in [0.05, 0.1) is 12.0 Å². The SMILES string of the molecule is CCN1CCCC1CNCc1nc[nH]c1C. The zero-order valence-corrected chi connectivity index (χ0v) is 10.3. The molecule has 1 unspecified atom stereocenters. The predicted octanol–water partition coefficient (Wildman–Crippen LogP) is 1.29. The molecule has 1 aliphatic heterocycles. The third-order valence-corrected chi connectivity index (χ3v) is 3.51. The summed E-state index contributed by atoms with van der Waals surface area (Å²) in [6, 6.07) is 0.726. The fraction of sp³-hybridized carbons (Fsp3) is 0.750. The molecule has 4 heteroatoms. The van der Waals surface area contributed by atoms with Crippen LogP contribution < -0.4 is 5.32 Å². The van der Waals surface area contributed by atoms with E-state index in [0.29, 0.717) is 0 Å². The van der Waals surface area contributed by atoms with Gasteiger partial charge in [0.1, 0.15) is 0 Å². The third kappa shape index (κ3) is 2.62. The number of rotatable bonds is 5. The Bertz CT molecular complexity index is 321. The van der Waals surface area contributed by atoms with Crippen molar-refractivity contribution in [1.82, 2.24) is 20.2 Å². The van der Waals surface area contributed by atoms with Crippen LogP contribution in [0.3, 0.4) is 0 Å². The first-order valence-corrected chi connectivity index (χ1v) is 6.25. The largest absolute Gasteiger partial charge is 0.348 e. The minimum absolute atomic E-state index is 0.726. The summed E-state index contributed by atoms with van der Waals surface area (Å²) in [6.07, 6.45) is 4.45. The molecular formula is C12H22N4. The second kappa shape index (κ2) is 5.46. The van der Waals surface area contributed by atoms with Crippen molar-refractivity contribution < 1.29 is 0 Å². The highest BCUT2D eigenvalue weighted by atomic mass is 15.2. The van der Waals surface area contributed by atoms with Gasteiger partial charge in [0.25, 0.3) is 0 Å². The molecule has 2 N–H and O–H groups in total. The number of H-pyrrole nitrogens is 1. The summed E-state index contributed by atoms with van der Waals surface area (Å²) in [6.45, 7) is 8.72. The van der Waals surface area contributed by atoms with Crippen LogP contribution in [0.2, 0.25) is 0 Å². The maximum atomic E-state index is 4.29. The van der Waals surface area contributed by atoms with Crippen molar-refractivity contribution in [3.05, 3.63) is 17.7 Å². The van der Waals surface area contributed by atoms with E-state index in [4.69, 9.17) is 0 Å². The Morgan fingerprint density at radius 3 is 3.19 bits per heavy atom. The second-order valence-electron chi connectivity index (χ2n) is 4.53. The maximum absolute atomic E-state index is 4.29. The van der Waals surface area contributed by atoms with Crippen LogP contribution in [0.15, 0.2) is 6.33 Å². The lowest BCUT2D eigenvalue weighted by atomic mass is 10.2. The van der Waals surface area contributed by atoms with Crippen molar-refractivity contribution in [3.63, 3.8) is 0 Å². The van der Waals surface area contributed by atoms with Gasteiger partial charge < -0.3 is 10.3 Å². The van der Waals surface area contributed by atoms with Crippen molar-refractivity contribution >= 4 is 0 Å². The lowest BCUT2D eigenvalue weighted by molar-refractivity contribution is 0.259. The summed E-state index contributed by atoms with van der Waals surface area (Å²) in [7, 11) is 0. The number of nitrogens with one attached hydrogen (secondary N) is 2. The van der Waals surface area contributed by atoms with E-state index in [9.17, 15) is 0 Å². The van der Waals surface area contributed by atoms with Gasteiger partial charge in [0.2, 0.25) is 0 Å². The highest BCUT2D eigenvalue weighted by molar-refractivity contribution is 5.08. The second-order valence-corrected chi connectivity index (χ2v) is 4.53. The molecule has 0 spiro atoms. The Hall–Kier alpha value is -0.870. The molecule has 90 valence electrons. The molecule has 1 saturated heterocycles. The molecule has 0 aromatic carbocycles. The molecule has 4 nitrogen and oxygen atoms in total. The summed E-state index contributed by atoms with van der Waals surface area (Å²) in [5.74, 6) is 0. The molecule has 0 amide bonds. The number of hydrogen-bond donors (Lipinski definition) is 2. The Morgan fingerprint density at radius 2 is 2.50 bits per heavy atom. The van der Waals surface area contributed by atoms with E-state index in [-0.39, 0.29) is 0 Å². The van der Waals surface area contributed by atoms with Gasteiger partial charge in [-0.1, -0.05) is 6.92 Å². The zero-order chi connectivity index (χ0) is 11.4. The average Bonchev–Trinajstić information content (AvgIpc) is 2.88. The van der Waals surface area contributed by atoms with Crippen molar-refractivity contribution in [2.45, 2.75) is 39.3 Å². The van der Waals surface area contributed by atoms with E-state index >= 15 is 0 Å². The molecule has 0 aliphatic carbocycles. The monoisotopic (exact) mass is 222 g/mol. The number of likely N-dealkylation sites (tertiary alicyclic amines) is 1. The van der Waals surface area contributed by atoms with Gasteiger partial charge in [-0.2, -0.15) is 0 Å². The number of hydrogen-bond acceptors (Lipinski definition) is 3. The van der Waals surface area contributed by atoms with Gasteiger partial charge in [-0.05, 0) is 32.9 Å².